The van der Waals surface area contributed by atoms with E-state index in [1.54, 1.807) is 4.90 Å². The lowest BCUT2D eigenvalue weighted by Gasteiger charge is -2.33. The molecule has 5 heteroatoms. The average molecular weight is 306 g/mol. The zero-order valence-electron chi connectivity index (χ0n) is 10.7. The summed E-state index contributed by atoms with van der Waals surface area (Å²) < 4.78 is 5.35. The van der Waals surface area contributed by atoms with Crippen LogP contribution in [-0.4, -0.2) is 34.4 Å². The quantitative estimate of drug-likeness (QED) is 0.737. The smallest absolute Gasteiger partial charge is 0.410 e. The van der Waals surface area contributed by atoms with Crippen molar-refractivity contribution in [1.82, 2.24) is 4.90 Å². The third-order valence-corrected chi connectivity index (χ3v) is 3.04. The first-order valence-electron chi connectivity index (χ1n) is 5.94. The molecule has 0 unspecified atom stereocenters. The summed E-state index contributed by atoms with van der Waals surface area (Å²) in [7, 11) is 0. The predicted octanol–water partition coefficient (Wildman–Crippen LogP) is 2.95. The van der Waals surface area contributed by atoms with Crippen molar-refractivity contribution in [3.05, 3.63) is 0 Å². The molecule has 0 N–H and O–H groups in total. The van der Waals surface area contributed by atoms with Gasteiger partial charge in [-0.2, -0.15) is 0 Å². The molecule has 0 aromatic carbocycles. The van der Waals surface area contributed by atoms with Crippen LogP contribution in [0.15, 0.2) is 0 Å². The second-order valence-electron chi connectivity index (χ2n) is 5.47. The van der Waals surface area contributed by atoms with Gasteiger partial charge in [0.05, 0.1) is 0 Å². The molecule has 0 aliphatic carbocycles. The Balaban J connectivity index is 2.36. The molecule has 17 heavy (non-hydrogen) atoms. The predicted molar refractivity (Wildman–Crippen MR) is 69.1 cm³/mol. The van der Waals surface area contributed by atoms with E-state index in [0.717, 1.165) is 12.8 Å². The van der Waals surface area contributed by atoms with Gasteiger partial charge in [-0.3, -0.25) is 4.79 Å². The summed E-state index contributed by atoms with van der Waals surface area (Å²) in [6, 6.07) is 0. The zero-order chi connectivity index (χ0) is 13.1. The van der Waals surface area contributed by atoms with Crippen LogP contribution >= 0.6 is 15.9 Å². The number of carbonyl (C=O) groups is 2. The number of hydrogen-bond acceptors (Lipinski definition) is 3. The van der Waals surface area contributed by atoms with E-state index >= 15 is 0 Å². The number of piperidine rings is 1. The summed E-state index contributed by atoms with van der Waals surface area (Å²) in [4.78, 5) is 24.4. The Morgan fingerprint density at radius 3 is 2.24 bits per heavy atom. The topological polar surface area (TPSA) is 46.6 Å². The van der Waals surface area contributed by atoms with Crippen molar-refractivity contribution in [2.75, 3.05) is 13.1 Å². The van der Waals surface area contributed by atoms with Crippen molar-refractivity contribution in [1.29, 1.82) is 0 Å². The molecule has 1 aliphatic heterocycles. The molecule has 1 amide bonds. The van der Waals surface area contributed by atoms with Gasteiger partial charge in [-0.15, -0.1) is 0 Å². The lowest BCUT2D eigenvalue weighted by atomic mass is 9.94. The van der Waals surface area contributed by atoms with E-state index in [-0.39, 0.29) is 10.8 Å². The fourth-order valence-electron chi connectivity index (χ4n) is 1.87. The molecule has 1 rings (SSSR count). The molecule has 1 heterocycles. The third kappa shape index (κ3) is 5.52. The van der Waals surface area contributed by atoms with E-state index in [9.17, 15) is 9.59 Å². The van der Waals surface area contributed by atoms with E-state index < -0.39 is 5.60 Å². The molecule has 4 nitrogen and oxygen atoms in total. The minimum atomic E-state index is -0.445. The number of likely N-dealkylation sites (tertiary alicyclic amines) is 1. The van der Waals surface area contributed by atoms with Crippen LogP contribution in [-0.2, 0) is 9.53 Å². The fraction of sp³-hybridized carbons (Fsp3) is 0.833. The minimum Gasteiger partial charge on any atom is -0.444 e. The van der Waals surface area contributed by atoms with E-state index in [4.69, 9.17) is 4.74 Å². The molecule has 0 aromatic rings. The highest BCUT2D eigenvalue weighted by atomic mass is 79.9. The summed E-state index contributed by atoms with van der Waals surface area (Å²) in [5.74, 6) is 0.389. The third-order valence-electron chi connectivity index (χ3n) is 2.72. The number of rotatable bonds is 2. The molecule has 0 saturated carbocycles. The number of carbonyl (C=O) groups excluding carboxylic acids is 2. The molecule has 0 radical (unpaired) electrons. The van der Waals surface area contributed by atoms with Crippen LogP contribution < -0.4 is 0 Å². The van der Waals surface area contributed by atoms with Gasteiger partial charge < -0.3 is 9.64 Å². The van der Waals surface area contributed by atoms with E-state index in [0.29, 0.717) is 25.4 Å². The van der Waals surface area contributed by atoms with E-state index in [2.05, 4.69) is 15.9 Å². The van der Waals surface area contributed by atoms with Gasteiger partial charge in [0, 0.05) is 19.5 Å². The molecule has 0 aromatic heterocycles. The van der Waals surface area contributed by atoms with E-state index in [1.807, 2.05) is 20.8 Å². The summed E-state index contributed by atoms with van der Waals surface area (Å²) >= 11 is 2.95. The lowest BCUT2D eigenvalue weighted by Crippen LogP contribution is -2.41. The van der Waals surface area contributed by atoms with Crippen molar-refractivity contribution in [2.24, 2.45) is 5.92 Å². The standard InChI is InChI=1S/C12H20BrNO3/c1-12(2,3)17-11(16)14-6-4-9(5-7-14)8-10(13)15/h9H,4-8H2,1-3H3. The molecular weight excluding hydrogens is 286 g/mol. The largest absolute Gasteiger partial charge is 0.444 e. The van der Waals surface area contributed by atoms with Crippen LogP contribution in [0.3, 0.4) is 0 Å². The van der Waals surface area contributed by atoms with Crippen molar-refractivity contribution >= 4 is 26.7 Å². The minimum absolute atomic E-state index is 0.0493. The van der Waals surface area contributed by atoms with Gasteiger partial charge in [-0.05, 0) is 55.5 Å². The van der Waals surface area contributed by atoms with Gasteiger partial charge >= 0.3 is 6.09 Å². The van der Waals surface area contributed by atoms with Crippen molar-refractivity contribution in [2.45, 2.75) is 45.6 Å². The Morgan fingerprint density at radius 1 is 1.29 bits per heavy atom. The first-order valence-corrected chi connectivity index (χ1v) is 6.73. The maximum Gasteiger partial charge on any atom is 0.410 e. The van der Waals surface area contributed by atoms with E-state index in [1.165, 1.54) is 0 Å². The van der Waals surface area contributed by atoms with Gasteiger partial charge in [-0.1, -0.05) is 0 Å². The van der Waals surface area contributed by atoms with Crippen LogP contribution in [0.1, 0.15) is 40.0 Å². The molecule has 1 saturated heterocycles. The highest BCUT2D eigenvalue weighted by Gasteiger charge is 2.27. The Labute approximate surface area is 111 Å². The van der Waals surface area contributed by atoms with Crippen LogP contribution in [0.25, 0.3) is 0 Å². The Hall–Kier alpha value is -0.580. The Bertz CT molecular complexity index is 291. The SMILES string of the molecule is CC(C)(C)OC(=O)N1CCC(CC(=O)Br)CC1. The summed E-state index contributed by atoms with van der Waals surface area (Å²) in [5, 5.41) is 0. The second-order valence-corrected chi connectivity index (χ2v) is 6.35. The van der Waals surface area contributed by atoms with Gasteiger partial charge in [0.2, 0.25) is 0 Å². The maximum absolute atomic E-state index is 11.8. The van der Waals surface area contributed by atoms with Gasteiger partial charge in [0.1, 0.15) is 5.60 Å². The Morgan fingerprint density at radius 2 is 1.82 bits per heavy atom. The molecule has 0 bridgehead atoms. The normalized spacial score (nSPS) is 18.0. The van der Waals surface area contributed by atoms with Crippen LogP contribution in [0.5, 0.6) is 0 Å². The van der Waals surface area contributed by atoms with Crippen molar-refractivity contribution < 1.29 is 14.3 Å². The molecule has 0 atom stereocenters. The number of amides is 1. The first-order chi connectivity index (χ1) is 7.78. The summed E-state index contributed by atoms with van der Waals surface area (Å²) in [5.41, 5.74) is -0.445. The van der Waals surface area contributed by atoms with Crippen molar-refractivity contribution in [3.63, 3.8) is 0 Å². The van der Waals surface area contributed by atoms with Crippen molar-refractivity contribution in [3.8, 4) is 0 Å². The van der Waals surface area contributed by atoms with Gasteiger partial charge in [0.25, 0.3) is 0 Å². The number of nitrogens with zero attached hydrogens (tertiary/aromatic N) is 1. The Kier molecular flexibility index (Phi) is 4.98. The van der Waals surface area contributed by atoms with Gasteiger partial charge in [-0.25, -0.2) is 4.79 Å². The zero-order valence-corrected chi connectivity index (χ0v) is 12.2. The molecule has 98 valence electrons. The maximum atomic E-state index is 11.8. The van der Waals surface area contributed by atoms with Crippen LogP contribution in [0, 0.1) is 5.92 Å². The summed E-state index contributed by atoms with van der Waals surface area (Å²) in [6.45, 7) is 6.95. The van der Waals surface area contributed by atoms with Crippen LogP contribution in [0.4, 0.5) is 4.79 Å². The molecule has 1 fully saturated rings. The van der Waals surface area contributed by atoms with Crippen LogP contribution in [0.2, 0.25) is 0 Å². The number of ether oxygens (including phenoxy) is 1. The second kappa shape index (κ2) is 5.85. The molecule has 1 aliphatic rings. The lowest BCUT2D eigenvalue weighted by molar-refractivity contribution is -0.111. The highest BCUT2D eigenvalue weighted by Crippen LogP contribution is 2.23. The fourth-order valence-corrected chi connectivity index (χ4v) is 2.33. The molecular formula is C12H20BrNO3. The van der Waals surface area contributed by atoms with Gasteiger partial charge in [0.15, 0.2) is 4.69 Å². The highest BCUT2D eigenvalue weighted by molar-refractivity contribution is 9.18. The number of hydrogen-bond donors (Lipinski definition) is 0. The monoisotopic (exact) mass is 305 g/mol. The summed E-state index contributed by atoms with van der Waals surface area (Å²) in [6.07, 6.45) is 2.05. The number of halogens is 1. The first kappa shape index (κ1) is 14.5. The molecule has 0 spiro atoms. The average Bonchev–Trinajstić information content (AvgIpc) is 2.15.